The van der Waals surface area contributed by atoms with E-state index in [4.69, 9.17) is 5.73 Å². The zero-order valence-electron chi connectivity index (χ0n) is 7.26. The van der Waals surface area contributed by atoms with Gasteiger partial charge < -0.3 is 5.73 Å². The van der Waals surface area contributed by atoms with Crippen molar-refractivity contribution in [2.45, 2.75) is 26.3 Å². The molecule has 0 heterocycles. The van der Waals surface area contributed by atoms with E-state index in [1.54, 1.807) is 0 Å². The van der Waals surface area contributed by atoms with Gasteiger partial charge in [0.1, 0.15) is 0 Å². The van der Waals surface area contributed by atoms with Gasteiger partial charge in [0.05, 0.1) is 13.2 Å². The predicted molar refractivity (Wildman–Crippen MR) is 42.6 cm³/mol. The molecule has 0 aromatic rings. The van der Waals surface area contributed by atoms with Crippen LogP contribution in [-0.2, 0) is 9.63 Å². The second kappa shape index (κ2) is 5.09. The fourth-order valence-corrected chi connectivity index (χ4v) is 0.791. The van der Waals surface area contributed by atoms with Gasteiger partial charge in [0.2, 0.25) is 0 Å². The fraction of sp³-hybridized carbons (Fsp3) is 0.857. The van der Waals surface area contributed by atoms with E-state index in [2.05, 4.69) is 10.3 Å². The Morgan fingerprint density at radius 2 is 2.18 bits per heavy atom. The molecule has 0 rings (SSSR count). The first-order valence-electron chi connectivity index (χ1n) is 3.66. The van der Waals surface area contributed by atoms with Gasteiger partial charge in [0.15, 0.2) is 0 Å². The van der Waals surface area contributed by atoms with Crippen molar-refractivity contribution in [3.63, 3.8) is 0 Å². The molecule has 66 valence electrons. The summed E-state index contributed by atoms with van der Waals surface area (Å²) in [5, 5.41) is 0. The van der Waals surface area contributed by atoms with Gasteiger partial charge in [-0.05, 0) is 12.3 Å². The zero-order chi connectivity index (χ0) is 8.85. The molecule has 3 N–H and O–H groups in total. The summed E-state index contributed by atoms with van der Waals surface area (Å²) in [6.45, 7) is 4.03. The second-order valence-corrected chi connectivity index (χ2v) is 2.91. The van der Waals surface area contributed by atoms with E-state index in [-0.39, 0.29) is 5.91 Å². The number of hydrogen-bond acceptors (Lipinski definition) is 3. The molecular formula is C7H16N2O2. The summed E-state index contributed by atoms with van der Waals surface area (Å²) >= 11 is 0. The Balaban J connectivity index is 3.64. The van der Waals surface area contributed by atoms with E-state index in [0.29, 0.717) is 12.3 Å². The lowest BCUT2D eigenvalue weighted by Crippen LogP contribution is -2.40. The molecule has 0 fully saturated rings. The summed E-state index contributed by atoms with van der Waals surface area (Å²) in [5.41, 5.74) is 7.70. The number of nitrogens with two attached hydrogens (primary N) is 1. The van der Waals surface area contributed by atoms with Crippen LogP contribution in [0.3, 0.4) is 0 Å². The summed E-state index contributed by atoms with van der Waals surface area (Å²) in [6.07, 6.45) is 0.676. The number of rotatable bonds is 4. The molecule has 0 spiro atoms. The van der Waals surface area contributed by atoms with Crippen LogP contribution >= 0.6 is 0 Å². The van der Waals surface area contributed by atoms with Crippen molar-refractivity contribution in [3.05, 3.63) is 0 Å². The van der Waals surface area contributed by atoms with E-state index in [1.165, 1.54) is 7.11 Å². The lowest BCUT2D eigenvalue weighted by atomic mass is 10.0. The van der Waals surface area contributed by atoms with E-state index < -0.39 is 6.04 Å². The number of carbonyl (C=O) groups excluding carboxylic acids is 1. The van der Waals surface area contributed by atoms with Gasteiger partial charge >= 0.3 is 0 Å². The average Bonchev–Trinajstić information content (AvgIpc) is 1.86. The lowest BCUT2D eigenvalue weighted by molar-refractivity contribution is -0.133. The summed E-state index contributed by atoms with van der Waals surface area (Å²) in [5.74, 6) is 0.161. The fourth-order valence-electron chi connectivity index (χ4n) is 0.791. The summed E-state index contributed by atoms with van der Waals surface area (Å²) in [7, 11) is 1.39. The van der Waals surface area contributed by atoms with Gasteiger partial charge in [0, 0.05) is 0 Å². The number of nitrogens with one attached hydrogen (secondary N) is 1. The quantitative estimate of drug-likeness (QED) is 0.570. The molecule has 0 saturated heterocycles. The molecule has 1 atom stereocenters. The number of hydroxylamine groups is 1. The molecule has 11 heavy (non-hydrogen) atoms. The van der Waals surface area contributed by atoms with Crippen molar-refractivity contribution in [3.8, 4) is 0 Å². The van der Waals surface area contributed by atoms with Crippen LogP contribution in [0.2, 0.25) is 0 Å². The topological polar surface area (TPSA) is 64.3 Å². The Kier molecular flexibility index (Phi) is 4.81. The maximum Gasteiger partial charge on any atom is 0.260 e. The van der Waals surface area contributed by atoms with Gasteiger partial charge in [0.25, 0.3) is 5.91 Å². The molecule has 0 aliphatic rings. The van der Waals surface area contributed by atoms with E-state index >= 15 is 0 Å². The molecule has 0 aromatic carbocycles. The van der Waals surface area contributed by atoms with Crippen LogP contribution in [0.4, 0.5) is 0 Å². The minimum absolute atomic E-state index is 0.263. The van der Waals surface area contributed by atoms with Crippen LogP contribution in [0.15, 0.2) is 0 Å². The Morgan fingerprint density at radius 3 is 2.55 bits per heavy atom. The molecule has 1 amide bonds. The predicted octanol–water partition coefficient (Wildman–Crippen LogP) is 0.0374. The third-order valence-corrected chi connectivity index (χ3v) is 1.26. The van der Waals surface area contributed by atoms with Gasteiger partial charge in [-0.25, -0.2) is 5.48 Å². The third kappa shape index (κ3) is 4.75. The third-order valence-electron chi connectivity index (χ3n) is 1.26. The van der Waals surface area contributed by atoms with Crippen molar-refractivity contribution >= 4 is 5.91 Å². The molecule has 1 unspecified atom stereocenters. The van der Waals surface area contributed by atoms with Crippen molar-refractivity contribution in [1.29, 1.82) is 0 Å². The standard InChI is InChI=1S/C7H16N2O2/c1-5(2)4-6(8)7(10)9-11-3/h5-6H,4,8H2,1-3H3,(H,9,10). The van der Waals surface area contributed by atoms with Crippen LogP contribution in [0.5, 0.6) is 0 Å². The van der Waals surface area contributed by atoms with Gasteiger partial charge in [-0.2, -0.15) is 0 Å². The molecule has 0 saturated carbocycles. The van der Waals surface area contributed by atoms with Crippen molar-refractivity contribution < 1.29 is 9.63 Å². The zero-order valence-corrected chi connectivity index (χ0v) is 7.26. The Labute approximate surface area is 67.0 Å². The maximum absolute atomic E-state index is 10.9. The van der Waals surface area contributed by atoms with E-state index in [9.17, 15) is 4.79 Å². The van der Waals surface area contributed by atoms with Crippen LogP contribution in [0, 0.1) is 5.92 Å². The summed E-state index contributed by atoms with van der Waals surface area (Å²) in [6, 6.07) is -0.463. The Hall–Kier alpha value is -0.610. The van der Waals surface area contributed by atoms with Crippen LogP contribution in [0.1, 0.15) is 20.3 Å². The van der Waals surface area contributed by atoms with Gasteiger partial charge in [-0.1, -0.05) is 13.8 Å². The normalized spacial score (nSPS) is 13.2. The molecule has 0 aromatic heterocycles. The Morgan fingerprint density at radius 1 is 1.64 bits per heavy atom. The van der Waals surface area contributed by atoms with Gasteiger partial charge in [-0.15, -0.1) is 0 Å². The van der Waals surface area contributed by atoms with Crippen molar-refractivity contribution in [2.75, 3.05) is 7.11 Å². The lowest BCUT2D eigenvalue weighted by Gasteiger charge is -2.12. The van der Waals surface area contributed by atoms with Crippen molar-refractivity contribution in [2.24, 2.45) is 11.7 Å². The van der Waals surface area contributed by atoms with Crippen molar-refractivity contribution in [1.82, 2.24) is 5.48 Å². The first-order chi connectivity index (χ1) is 5.07. The second-order valence-electron chi connectivity index (χ2n) is 2.91. The molecule has 4 heteroatoms. The smallest absolute Gasteiger partial charge is 0.260 e. The molecule has 0 aliphatic heterocycles. The van der Waals surface area contributed by atoms with Gasteiger partial charge in [-0.3, -0.25) is 9.63 Å². The molecule has 0 bridgehead atoms. The van der Waals surface area contributed by atoms with Crippen LogP contribution < -0.4 is 11.2 Å². The summed E-state index contributed by atoms with van der Waals surface area (Å²) in [4.78, 5) is 15.3. The highest BCUT2D eigenvalue weighted by Crippen LogP contribution is 2.01. The van der Waals surface area contributed by atoms with Crippen LogP contribution in [-0.4, -0.2) is 19.1 Å². The number of amides is 1. The highest BCUT2D eigenvalue weighted by Gasteiger charge is 2.13. The first kappa shape index (κ1) is 10.4. The SMILES string of the molecule is CONC(=O)C(N)CC(C)C. The molecule has 0 radical (unpaired) electrons. The molecule has 0 aliphatic carbocycles. The monoisotopic (exact) mass is 160 g/mol. The maximum atomic E-state index is 10.9. The highest BCUT2D eigenvalue weighted by molar-refractivity contribution is 5.80. The average molecular weight is 160 g/mol. The Bertz CT molecular complexity index is 126. The first-order valence-corrected chi connectivity index (χ1v) is 3.66. The molecular weight excluding hydrogens is 144 g/mol. The van der Waals surface area contributed by atoms with E-state index in [1.807, 2.05) is 13.8 Å². The number of carbonyl (C=O) groups is 1. The largest absolute Gasteiger partial charge is 0.320 e. The van der Waals surface area contributed by atoms with E-state index in [0.717, 1.165) is 0 Å². The minimum atomic E-state index is -0.463. The molecule has 4 nitrogen and oxygen atoms in total. The minimum Gasteiger partial charge on any atom is -0.320 e. The van der Waals surface area contributed by atoms with Crippen LogP contribution in [0.25, 0.3) is 0 Å². The number of hydrogen-bond donors (Lipinski definition) is 2. The highest BCUT2D eigenvalue weighted by atomic mass is 16.6. The summed E-state index contributed by atoms with van der Waals surface area (Å²) < 4.78 is 0.